The highest BCUT2D eigenvalue weighted by Crippen LogP contribution is 2.45. The molecule has 2 fully saturated rings. The molecule has 40 heavy (non-hydrogen) atoms. The Kier molecular flexibility index (Phi) is 7.34. The van der Waals surface area contributed by atoms with Gasteiger partial charge in [-0.25, -0.2) is 9.78 Å². The lowest BCUT2D eigenvalue weighted by Crippen LogP contribution is -2.58. The Hall–Kier alpha value is -3.51. The standard InChI is InChI=1S/C30H35ClN6O3/c1-18-14-19(2)37-27(33-18)34-28(35-37)36(5)25-24(38)16-30(40-26(25)39,21-8-6-7-9-21)13-12-20-10-11-22(23(31)15-20)29(3,4)17-32/h10-11,14-15,21,25H,6-9,12-13,16H2,1-5H3. The molecule has 2 aromatic heterocycles. The minimum atomic E-state index is -1.12. The summed E-state index contributed by atoms with van der Waals surface area (Å²) < 4.78 is 7.90. The third-order valence-electron chi connectivity index (χ3n) is 8.54. The summed E-state index contributed by atoms with van der Waals surface area (Å²) in [6.45, 7) is 7.46. The molecule has 2 aliphatic rings. The largest absolute Gasteiger partial charge is 0.456 e. The van der Waals surface area contributed by atoms with Gasteiger partial charge in [0.2, 0.25) is 5.95 Å². The Labute approximate surface area is 239 Å². The predicted molar refractivity (Wildman–Crippen MR) is 151 cm³/mol. The molecule has 1 aliphatic heterocycles. The average molecular weight is 563 g/mol. The molecule has 1 aliphatic carbocycles. The summed E-state index contributed by atoms with van der Waals surface area (Å²) in [5.74, 6) is 0.0464. The molecule has 5 rings (SSSR count). The summed E-state index contributed by atoms with van der Waals surface area (Å²) in [5, 5.41) is 14.5. The topological polar surface area (TPSA) is 113 Å². The molecular formula is C30H35ClN6O3. The molecule has 2 atom stereocenters. The van der Waals surface area contributed by atoms with Crippen LogP contribution in [0.5, 0.6) is 0 Å². The van der Waals surface area contributed by atoms with Crippen LogP contribution in [0, 0.1) is 31.1 Å². The van der Waals surface area contributed by atoms with Gasteiger partial charge in [0.25, 0.3) is 5.78 Å². The van der Waals surface area contributed by atoms with E-state index in [1.807, 2.05) is 52.0 Å². The van der Waals surface area contributed by atoms with Crippen LogP contribution in [-0.4, -0.2) is 50.0 Å². The quantitative estimate of drug-likeness (QED) is 0.289. The highest BCUT2D eigenvalue weighted by atomic mass is 35.5. The van der Waals surface area contributed by atoms with Crippen LogP contribution in [0.3, 0.4) is 0 Å². The fraction of sp³-hybridized carbons (Fsp3) is 0.533. The fourth-order valence-corrected chi connectivity index (χ4v) is 6.71. The number of carbonyl (C=O) groups excluding carboxylic acids is 2. The molecular weight excluding hydrogens is 528 g/mol. The molecule has 0 bridgehead atoms. The molecule has 10 heteroatoms. The number of likely N-dealkylation sites (N-methyl/N-ethyl adjacent to an activating group) is 1. The SMILES string of the molecule is Cc1cc(C)n2nc(N(C)C3C(=O)CC(CCc4ccc(C(C)(C)C#N)c(Cl)c4)(C4CCCC4)OC3=O)nc2n1. The van der Waals surface area contributed by atoms with Crippen molar-refractivity contribution in [2.45, 2.75) is 89.7 Å². The maximum absolute atomic E-state index is 13.7. The van der Waals surface area contributed by atoms with Crippen molar-refractivity contribution in [1.29, 1.82) is 5.26 Å². The number of halogens is 1. The van der Waals surface area contributed by atoms with E-state index in [-0.39, 0.29) is 24.1 Å². The molecule has 0 radical (unpaired) electrons. The van der Waals surface area contributed by atoms with Crippen LogP contribution in [0.4, 0.5) is 5.95 Å². The number of ether oxygens (including phenoxy) is 1. The highest BCUT2D eigenvalue weighted by Gasteiger charge is 2.53. The molecule has 0 amide bonds. The van der Waals surface area contributed by atoms with Crippen molar-refractivity contribution in [3.63, 3.8) is 0 Å². The van der Waals surface area contributed by atoms with Gasteiger partial charge in [0.1, 0.15) is 5.60 Å². The van der Waals surface area contributed by atoms with Crippen LogP contribution in [0.15, 0.2) is 24.3 Å². The van der Waals surface area contributed by atoms with Crippen LogP contribution in [0.1, 0.15) is 74.9 Å². The number of cyclic esters (lactones) is 1. The normalized spacial score (nSPS) is 22.0. The molecule has 3 heterocycles. The van der Waals surface area contributed by atoms with Gasteiger partial charge >= 0.3 is 5.97 Å². The first-order chi connectivity index (χ1) is 18.9. The van der Waals surface area contributed by atoms with Crippen LogP contribution in [-0.2, 0) is 26.2 Å². The molecule has 0 N–H and O–H groups in total. The smallest absolute Gasteiger partial charge is 0.337 e. The van der Waals surface area contributed by atoms with Crippen molar-refractivity contribution in [2.75, 3.05) is 11.9 Å². The zero-order chi connectivity index (χ0) is 28.8. The number of aryl methyl sites for hydroxylation is 3. The summed E-state index contributed by atoms with van der Waals surface area (Å²) in [7, 11) is 1.65. The minimum Gasteiger partial charge on any atom is -0.456 e. The zero-order valence-electron chi connectivity index (χ0n) is 23.7. The highest BCUT2D eigenvalue weighted by molar-refractivity contribution is 6.31. The molecule has 3 aromatic rings. The van der Waals surface area contributed by atoms with Crippen molar-refractivity contribution in [3.05, 3.63) is 51.8 Å². The van der Waals surface area contributed by atoms with Crippen LogP contribution in [0.25, 0.3) is 5.78 Å². The number of Topliss-reactive ketones (excluding diaryl/α,β-unsaturated/α-hetero) is 1. The lowest BCUT2D eigenvalue weighted by Gasteiger charge is -2.44. The van der Waals surface area contributed by atoms with Gasteiger partial charge in [0.05, 0.1) is 11.5 Å². The van der Waals surface area contributed by atoms with Gasteiger partial charge < -0.3 is 9.64 Å². The zero-order valence-corrected chi connectivity index (χ0v) is 24.5. The van der Waals surface area contributed by atoms with Crippen LogP contribution >= 0.6 is 11.6 Å². The maximum Gasteiger partial charge on any atom is 0.337 e. The lowest BCUT2D eigenvalue weighted by atomic mass is 9.75. The van der Waals surface area contributed by atoms with Crippen LogP contribution in [0.2, 0.25) is 5.02 Å². The van der Waals surface area contributed by atoms with E-state index >= 15 is 0 Å². The van der Waals surface area contributed by atoms with E-state index in [0.717, 1.165) is 48.2 Å². The van der Waals surface area contributed by atoms with Gasteiger partial charge in [-0.05, 0) is 82.6 Å². The molecule has 1 saturated carbocycles. The number of hydrogen-bond donors (Lipinski definition) is 0. The number of nitriles is 1. The molecule has 9 nitrogen and oxygen atoms in total. The van der Waals surface area contributed by atoms with Gasteiger partial charge in [0, 0.05) is 29.9 Å². The summed E-state index contributed by atoms with van der Waals surface area (Å²) in [6, 6.07) is 8.82. The third kappa shape index (κ3) is 5.05. The fourth-order valence-electron chi connectivity index (χ4n) is 6.27. The number of rotatable bonds is 7. The summed E-state index contributed by atoms with van der Waals surface area (Å²) >= 11 is 6.57. The van der Waals surface area contributed by atoms with Gasteiger partial charge in [-0.3, -0.25) is 4.79 Å². The number of carbonyl (C=O) groups is 2. The van der Waals surface area contributed by atoms with Crippen molar-refractivity contribution >= 4 is 35.1 Å². The van der Waals surface area contributed by atoms with E-state index in [1.54, 1.807) is 11.6 Å². The van der Waals surface area contributed by atoms with E-state index < -0.39 is 23.0 Å². The first kappa shape index (κ1) is 28.0. The van der Waals surface area contributed by atoms with Gasteiger partial charge in [0.15, 0.2) is 11.8 Å². The molecule has 1 saturated heterocycles. The van der Waals surface area contributed by atoms with Gasteiger partial charge in [-0.15, -0.1) is 5.10 Å². The van der Waals surface area contributed by atoms with E-state index in [1.165, 1.54) is 4.90 Å². The molecule has 2 unspecified atom stereocenters. The lowest BCUT2D eigenvalue weighted by molar-refractivity contribution is -0.180. The van der Waals surface area contributed by atoms with Crippen molar-refractivity contribution in [3.8, 4) is 6.07 Å². The molecule has 210 valence electrons. The second-order valence-corrected chi connectivity index (χ2v) is 12.2. The minimum absolute atomic E-state index is 0.127. The van der Waals surface area contributed by atoms with Gasteiger partial charge in [-0.1, -0.05) is 36.6 Å². The monoisotopic (exact) mass is 562 g/mol. The predicted octanol–water partition coefficient (Wildman–Crippen LogP) is 5.08. The number of nitrogens with zero attached hydrogens (tertiary/aromatic N) is 6. The molecule has 0 spiro atoms. The average Bonchev–Trinajstić information content (AvgIpc) is 3.58. The van der Waals surface area contributed by atoms with Gasteiger partial charge in [-0.2, -0.15) is 14.8 Å². The number of fused-ring (bicyclic) bond motifs is 1. The van der Waals surface area contributed by atoms with Crippen molar-refractivity contribution in [1.82, 2.24) is 19.6 Å². The van der Waals surface area contributed by atoms with Crippen molar-refractivity contribution in [2.24, 2.45) is 5.92 Å². The first-order valence-electron chi connectivity index (χ1n) is 13.8. The maximum atomic E-state index is 13.7. The number of esters is 1. The van der Waals surface area contributed by atoms with E-state index in [9.17, 15) is 14.9 Å². The summed E-state index contributed by atoms with van der Waals surface area (Å²) in [5.41, 5.74) is 1.87. The number of ketones is 1. The van der Waals surface area contributed by atoms with E-state index in [4.69, 9.17) is 16.3 Å². The van der Waals surface area contributed by atoms with Crippen molar-refractivity contribution < 1.29 is 14.3 Å². The Morgan fingerprint density at radius 2 is 1.93 bits per heavy atom. The number of benzene rings is 1. The second-order valence-electron chi connectivity index (χ2n) is 11.8. The second kappa shape index (κ2) is 10.5. The number of aromatic nitrogens is 4. The Balaban J connectivity index is 1.38. The third-order valence-corrected chi connectivity index (χ3v) is 8.85. The Morgan fingerprint density at radius 3 is 2.58 bits per heavy atom. The number of anilines is 1. The Morgan fingerprint density at radius 1 is 1.20 bits per heavy atom. The molecule has 1 aromatic carbocycles. The van der Waals surface area contributed by atoms with E-state index in [2.05, 4.69) is 21.1 Å². The van der Waals surface area contributed by atoms with Crippen LogP contribution < -0.4 is 4.90 Å². The Bertz CT molecular complexity index is 1500. The number of hydrogen-bond acceptors (Lipinski definition) is 8. The summed E-state index contributed by atoms with van der Waals surface area (Å²) in [6.07, 6.45) is 5.24. The summed E-state index contributed by atoms with van der Waals surface area (Å²) in [4.78, 5) is 37.7. The first-order valence-corrected chi connectivity index (χ1v) is 14.2. The van der Waals surface area contributed by atoms with E-state index in [0.29, 0.717) is 23.6 Å².